The molecule has 3 nitrogen and oxygen atoms in total. The molecule has 2 rings (SSSR count). The van der Waals surface area contributed by atoms with E-state index in [0.29, 0.717) is 0 Å². The molecule has 0 aromatic heterocycles. The van der Waals surface area contributed by atoms with Gasteiger partial charge in [-0.1, -0.05) is 6.07 Å². The number of carbonyl (C=O) groups excluding carboxylic acids is 1. The van der Waals surface area contributed by atoms with Crippen LogP contribution in [0, 0.1) is 17.5 Å². The van der Waals surface area contributed by atoms with Crippen LogP contribution in [0.25, 0.3) is 0 Å². The van der Waals surface area contributed by atoms with Gasteiger partial charge in [0.25, 0.3) is 0 Å². The molecule has 0 radical (unpaired) electrons. The molecule has 1 atom stereocenters. The summed E-state index contributed by atoms with van der Waals surface area (Å²) in [5.41, 5.74) is -0.125. The number of benzene rings is 1. The van der Waals surface area contributed by atoms with E-state index in [1.807, 2.05) is 0 Å². The summed E-state index contributed by atoms with van der Waals surface area (Å²) in [5, 5.41) is 2.27. The Bertz CT molecular complexity index is 422. The van der Waals surface area contributed by atoms with Crippen LogP contribution in [0.1, 0.15) is 11.6 Å². The van der Waals surface area contributed by atoms with Crippen molar-refractivity contribution in [3.05, 3.63) is 35.1 Å². The van der Waals surface area contributed by atoms with E-state index in [0.717, 1.165) is 12.1 Å². The Labute approximate surface area is 82.8 Å². The predicted octanol–water partition coefficient (Wildman–Crippen LogP) is 1.88. The first-order valence-corrected chi connectivity index (χ1v) is 4.16. The van der Waals surface area contributed by atoms with Crippen LogP contribution in [0.2, 0.25) is 0 Å². The molecule has 1 amide bonds. The normalized spacial score (nSPS) is 19.9. The van der Waals surface area contributed by atoms with Crippen molar-refractivity contribution in [1.82, 2.24) is 5.32 Å². The Balaban J connectivity index is 2.37. The van der Waals surface area contributed by atoms with Gasteiger partial charge in [0, 0.05) is 5.56 Å². The van der Waals surface area contributed by atoms with Crippen molar-refractivity contribution < 1.29 is 22.7 Å². The van der Waals surface area contributed by atoms with Gasteiger partial charge in [-0.3, -0.25) is 0 Å². The number of hydrogen-bond acceptors (Lipinski definition) is 2. The number of hydrogen-bond donors (Lipinski definition) is 1. The molecule has 6 heteroatoms. The van der Waals surface area contributed by atoms with E-state index in [9.17, 15) is 18.0 Å². The summed E-state index contributed by atoms with van der Waals surface area (Å²) in [6.07, 6.45) is -0.705. The number of amides is 1. The summed E-state index contributed by atoms with van der Waals surface area (Å²) in [6, 6.07) is 1.11. The van der Waals surface area contributed by atoms with Gasteiger partial charge in [-0.2, -0.15) is 0 Å². The molecular formula is C9H6F3NO2. The van der Waals surface area contributed by atoms with Gasteiger partial charge in [-0.25, -0.2) is 18.0 Å². The van der Waals surface area contributed by atoms with Crippen LogP contribution in [0.15, 0.2) is 12.1 Å². The molecule has 0 unspecified atom stereocenters. The quantitative estimate of drug-likeness (QED) is 0.729. The minimum Gasteiger partial charge on any atom is -0.447 e. The van der Waals surface area contributed by atoms with Crippen molar-refractivity contribution in [1.29, 1.82) is 0 Å². The Morgan fingerprint density at radius 1 is 1.27 bits per heavy atom. The molecule has 0 aliphatic carbocycles. The lowest BCUT2D eigenvalue weighted by atomic mass is 10.1. The molecule has 1 aliphatic rings. The minimum atomic E-state index is -1.55. The molecule has 1 saturated heterocycles. The van der Waals surface area contributed by atoms with Gasteiger partial charge in [0.2, 0.25) is 0 Å². The lowest BCUT2D eigenvalue weighted by Gasteiger charge is -2.09. The van der Waals surface area contributed by atoms with Gasteiger partial charge in [-0.05, 0) is 6.07 Å². The van der Waals surface area contributed by atoms with Crippen molar-refractivity contribution in [2.24, 2.45) is 0 Å². The first kappa shape index (κ1) is 9.82. The maximum Gasteiger partial charge on any atom is 0.407 e. The molecule has 1 aliphatic heterocycles. The molecule has 1 aromatic carbocycles. The highest BCUT2D eigenvalue weighted by Crippen LogP contribution is 2.24. The number of rotatable bonds is 1. The fraction of sp³-hybridized carbons (Fsp3) is 0.222. The van der Waals surface area contributed by atoms with Crippen molar-refractivity contribution in [3.63, 3.8) is 0 Å². The lowest BCUT2D eigenvalue weighted by Crippen LogP contribution is -2.20. The van der Waals surface area contributed by atoms with Crippen LogP contribution in [0.5, 0.6) is 0 Å². The maximum atomic E-state index is 13.2. The number of carbonyl (C=O) groups is 1. The van der Waals surface area contributed by atoms with Crippen LogP contribution >= 0.6 is 0 Å². The summed E-state index contributed by atoms with van der Waals surface area (Å²) in [7, 11) is 0. The van der Waals surface area contributed by atoms with Crippen LogP contribution in [-0.4, -0.2) is 12.7 Å². The second kappa shape index (κ2) is 3.45. The van der Waals surface area contributed by atoms with E-state index in [1.165, 1.54) is 0 Å². The second-order valence-electron chi connectivity index (χ2n) is 3.06. The fourth-order valence-electron chi connectivity index (χ4n) is 1.36. The Morgan fingerprint density at radius 3 is 2.60 bits per heavy atom. The summed E-state index contributed by atoms with van der Waals surface area (Å²) >= 11 is 0. The average molecular weight is 217 g/mol. The third-order valence-electron chi connectivity index (χ3n) is 2.11. The number of ether oxygens (including phenoxy) is 1. The molecule has 0 bridgehead atoms. The molecular weight excluding hydrogens is 211 g/mol. The SMILES string of the molecule is O=C1N[C@H](c2ccc(F)c(F)c2F)CO1. The summed E-state index contributed by atoms with van der Waals surface area (Å²) in [5.74, 6) is -4.11. The minimum absolute atomic E-state index is 0.0964. The lowest BCUT2D eigenvalue weighted by molar-refractivity contribution is 0.176. The van der Waals surface area contributed by atoms with Crippen molar-refractivity contribution in [2.75, 3.05) is 6.61 Å². The third-order valence-corrected chi connectivity index (χ3v) is 2.11. The molecule has 1 N–H and O–H groups in total. The van der Waals surface area contributed by atoms with E-state index in [1.54, 1.807) is 0 Å². The zero-order valence-electron chi connectivity index (χ0n) is 7.39. The fourth-order valence-corrected chi connectivity index (χ4v) is 1.36. The summed E-state index contributed by atoms with van der Waals surface area (Å²) < 4.78 is 43.2. The molecule has 1 aromatic rings. The number of halogens is 3. The summed E-state index contributed by atoms with van der Waals surface area (Å²) in [4.78, 5) is 10.7. The number of nitrogens with one attached hydrogen (secondary N) is 1. The van der Waals surface area contributed by atoms with Crippen molar-refractivity contribution in [3.8, 4) is 0 Å². The largest absolute Gasteiger partial charge is 0.447 e. The predicted molar refractivity (Wildman–Crippen MR) is 43.5 cm³/mol. The van der Waals surface area contributed by atoms with E-state index in [-0.39, 0.29) is 12.2 Å². The third kappa shape index (κ3) is 1.62. The molecule has 0 spiro atoms. The molecule has 1 fully saturated rings. The topological polar surface area (TPSA) is 38.3 Å². The van der Waals surface area contributed by atoms with Crippen LogP contribution in [-0.2, 0) is 4.74 Å². The van der Waals surface area contributed by atoms with Crippen molar-refractivity contribution in [2.45, 2.75) is 6.04 Å². The second-order valence-corrected chi connectivity index (χ2v) is 3.06. The van der Waals surface area contributed by atoms with E-state index < -0.39 is 29.6 Å². The van der Waals surface area contributed by atoms with Gasteiger partial charge in [0.1, 0.15) is 6.61 Å². The van der Waals surface area contributed by atoms with Gasteiger partial charge in [-0.15, -0.1) is 0 Å². The Morgan fingerprint density at radius 2 is 2.00 bits per heavy atom. The maximum absolute atomic E-state index is 13.2. The average Bonchev–Trinajstić information content (AvgIpc) is 2.61. The molecule has 1 heterocycles. The first-order valence-electron chi connectivity index (χ1n) is 4.16. The number of cyclic esters (lactones) is 1. The Hall–Kier alpha value is -1.72. The first-order chi connectivity index (χ1) is 7.09. The zero-order valence-corrected chi connectivity index (χ0v) is 7.39. The van der Waals surface area contributed by atoms with Gasteiger partial charge < -0.3 is 10.1 Å². The van der Waals surface area contributed by atoms with Crippen LogP contribution < -0.4 is 5.32 Å². The van der Waals surface area contributed by atoms with Gasteiger partial charge in [0.05, 0.1) is 6.04 Å². The Kier molecular flexibility index (Phi) is 2.26. The zero-order chi connectivity index (χ0) is 11.0. The smallest absolute Gasteiger partial charge is 0.407 e. The standard InChI is InChI=1S/C9H6F3NO2/c10-5-2-1-4(7(11)8(5)12)6-3-15-9(14)13-6/h1-2,6H,3H2,(H,13,14)/t6-/m0/s1. The highest BCUT2D eigenvalue weighted by molar-refractivity contribution is 5.70. The number of alkyl carbamates (subject to hydrolysis) is 1. The molecule has 80 valence electrons. The van der Waals surface area contributed by atoms with E-state index in [2.05, 4.69) is 10.1 Å². The van der Waals surface area contributed by atoms with Gasteiger partial charge in [0.15, 0.2) is 17.5 Å². The summed E-state index contributed by atoms with van der Waals surface area (Å²) in [6.45, 7) is -0.0964. The van der Waals surface area contributed by atoms with E-state index in [4.69, 9.17) is 0 Å². The van der Waals surface area contributed by atoms with Crippen LogP contribution in [0.4, 0.5) is 18.0 Å². The van der Waals surface area contributed by atoms with Crippen molar-refractivity contribution >= 4 is 6.09 Å². The highest BCUT2D eigenvalue weighted by atomic mass is 19.2. The van der Waals surface area contributed by atoms with Crippen LogP contribution in [0.3, 0.4) is 0 Å². The van der Waals surface area contributed by atoms with Gasteiger partial charge >= 0.3 is 6.09 Å². The highest BCUT2D eigenvalue weighted by Gasteiger charge is 2.28. The molecule has 0 saturated carbocycles. The van der Waals surface area contributed by atoms with E-state index >= 15 is 0 Å². The monoisotopic (exact) mass is 217 g/mol. The molecule has 15 heavy (non-hydrogen) atoms.